The Hall–Kier alpha value is -1.45. The Balaban J connectivity index is 2.18. The Kier molecular flexibility index (Phi) is 3.88. The van der Waals surface area contributed by atoms with Gasteiger partial charge in [-0.2, -0.15) is 0 Å². The number of fused-ring (bicyclic) bond motifs is 1. The van der Waals surface area contributed by atoms with Crippen molar-refractivity contribution in [3.05, 3.63) is 11.1 Å². The summed E-state index contributed by atoms with van der Waals surface area (Å²) in [6, 6.07) is 0. The van der Waals surface area contributed by atoms with Crippen molar-refractivity contribution in [2.45, 2.75) is 52.6 Å². The van der Waals surface area contributed by atoms with E-state index in [-0.39, 0.29) is 35.5 Å². The maximum absolute atomic E-state index is 12.3. The molecule has 1 heterocycles. The zero-order valence-corrected chi connectivity index (χ0v) is 11.7. The van der Waals surface area contributed by atoms with Crippen molar-refractivity contribution in [2.75, 3.05) is 0 Å². The van der Waals surface area contributed by atoms with E-state index in [1.54, 1.807) is 0 Å². The quantitative estimate of drug-likeness (QED) is 0.733. The fourth-order valence-corrected chi connectivity index (χ4v) is 3.00. The summed E-state index contributed by atoms with van der Waals surface area (Å²) >= 11 is 0. The highest BCUT2D eigenvalue weighted by molar-refractivity contribution is 5.97. The number of ketones is 2. The lowest BCUT2D eigenvalue weighted by atomic mass is 9.87. The summed E-state index contributed by atoms with van der Waals surface area (Å²) in [5, 5.41) is 0. The van der Waals surface area contributed by atoms with Crippen molar-refractivity contribution in [3.63, 3.8) is 0 Å². The molecule has 1 fully saturated rings. The second-order valence-electron chi connectivity index (χ2n) is 5.72. The van der Waals surface area contributed by atoms with E-state index < -0.39 is 0 Å². The predicted molar refractivity (Wildman–Crippen MR) is 69.4 cm³/mol. The lowest BCUT2D eigenvalue weighted by Gasteiger charge is -2.15. The van der Waals surface area contributed by atoms with E-state index in [1.165, 1.54) is 6.92 Å². The maximum atomic E-state index is 12.3. The molecule has 2 unspecified atom stereocenters. The lowest BCUT2D eigenvalue weighted by Crippen LogP contribution is -2.20. The van der Waals surface area contributed by atoms with Crippen molar-refractivity contribution >= 4 is 17.5 Å². The minimum atomic E-state index is -0.200. The van der Waals surface area contributed by atoms with Crippen LogP contribution in [0.2, 0.25) is 0 Å². The van der Waals surface area contributed by atoms with Gasteiger partial charge in [0.15, 0.2) is 5.78 Å². The summed E-state index contributed by atoms with van der Waals surface area (Å²) in [4.78, 5) is 34.9. The molecule has 1 aliphatic heterocycles. The second-order valence-corrected chi connectivity index (χ2v) is 5.72. The van der Waals surface area contributed by atoms with E-state index in [2.05, 4.69) is 0 Å². The smallest absolute Gasteiger partial charge is 0.309 e. The minimum Gasteiger partial charge on any atom is -0.461 e. The third kappa shape index (κ3) is 2.77. The summed E-state index contributed by atoms with van der Waals surface area (Å²) in [6.45, 7) is 5.28. The monoisotopic (exact) mass is 264 g/mol. The third-order valence-corrected chi connectivity index (χ3v) is 4.27. The molecule has 104 valence electrons. The van der Waals surface area contributed by atoms with Gasteiger partial charge in [0, 0.05) is 25.2 Å². The average Bonchev–Trinajstić information content (AvgIpc) is 2.51. The van der Waals surface area contributed by atoms with Gasteiger partial charge in [0.25, 0.3) is 0 Å². The average molecular weight is 264 g/mol. The van der Waals surface area contributed by atoms with Gasteiger partial charge in [-0.1, -0.05) is 12.5 Å². The summed E-state index contributed by atoms with van der Waals surface area (Å²) < 4.78 is 5.36. The van der Waals surface area contributed by atoms with Gasteiger partial charge in [0.2, 0.25) is 0 Å². The molecule has 0 saturated carbocycles. The van der Waals surface area contributed by atoms with Crippen molar-refractivity contribution in [1.82, 2.24) is 0 Å². The van der Waals surface area contributed by atoms with Crippen LogP contribution in [-0.2, 0) is 19.1 Å². The van der Waals surface area contributed by atoms with E-state index in [4.69, 9.17) is 4.74 Å². The fourth-order valence-electron chi connectivity index (χ4n) is 3.00. The van der Waals surface area contributed by atoms with Gasteiger partial charge >= 0.3 is 5.97 Å². The van der Waals surface area contributed by atoms with Gasteiger partial charge in [0.05, 0.1) is 5.92 Å². The molecule has 4 nitrogen and oxygen atoms in total. The molecule has 0 N–H and O–H groups in total. The molecule has 3 atom stereocenters. The maximum Gasteiger partial charge on any atom is 0.309 e. The van der Waals surface area contributed by atoms with Crippen molar-refractivity contribution in [3.8, 4) is 0 Å². The van der Waals surface area contributed by atoms with Gasteiger partial charge in [-0.3, -0.25) is 9.59 Å². The van der Waals surface area contributed by atoms with E-state index in [9.17, 15) is 14.4 Å². The largest absolute Gasteiger partial charge is 0.461 e. The van der Waals surface area contributed by atoms with Crippen LogP contribution >= 0.6 is 0 Å². The zero-order valence-electron chi connectivity index (χ0n) is 11.7. The van der Waals surface area contributed by atoms with E-state index >= 15 is 0 Å². The van der Waals surface area contributed by atoms with Gasteiger partial charge in [0.1, 0.15) is 11.9 Å². The number of Topliss-reactive ketones (excluding diaryl/α,β-unsaturated/α-hetero) is 2. The minimum absolute atomic E-state index is 0.00946. The van der Waals surface area contributed by atoms with Crippen LogP contribution in [0.3, 0.4) is 0 Å². The van der Waals surface area contributed by atoms with Gasteiger partial charge < -0.3 is 9.53 Å². The molecule has 19 heavy (non-hydrogen) atoms. The molecule has 0 aromatic rings. The summed E-state index contributed by atoms with van der Waals surface area (Å²) in [6.07, 6.45) is 1.74. The lowest BCUT2D eigenvalue weighted by molar-refractivity contribution is -0.143. The van der Waals surface area contributed by atoms with E-state index in [0.29, 0.717) is 25.7 Å². The van der Waals surface area contributed by atoms with Gasteiger partial charge in [-0.25, -0.2) is 0 Å². The van der Waals surface area contributed by atoms with Crippen LogP contribution in [0.15, 0.2) is 11.1 Å². The number of carbonyl (C=O) groups is 3. The Labute approximate surface area is 113 Å². The fraction of sp³-hybridized carbons (Fsp3) is 0.667. The van der Waals surface area contributed by atoms with Crippen LogP contribution in [0.5, 0.6) is 0 Å². The molecule has 4 heteroatoms. The Morgan fingerprint density at radius 1 is 1.32 bits per heavy atom. The molecule has 2 rings (SSSR count). The zero-order chi connectivity index (χ0) is 14.2. The Morgan fingerprint density at radius 3 is 2.63 bits per heavy atom. The Bertz CT molecular complexity index is 461. The highest BCUT2D eigenvalue weighted by atomic mass is 16.6. The second kappa shape index (κ2) is 5.27. The number of allylic oxidation sites excluding steroid dienone is 1. The normalized spacial score (nSPS) is 31.0. The summed E-state index contributed by atoms with van der Waals surface area (Å²) in [7, 11) is 0. The predicted octanol–water partition coefficient (Wildman–Crippen LogP) is 2.21. The highest BCUT2D eigenvalue weighted by Crippen LogP contribution is 2.38. The first-order valence-electron chi connectivity index (χ1n) is 6.82. The first kappa shape index (κ1) is 14.0. The molecule has 0 radical (unpaired) electrons. The molecule has 1 saturated heterocycles. The molecule has 1 aliphatic carbocycles. The van der Waals surface area contributed by atoms with Crippen LogP contribution in [0.1, 0.15) is 46.5 Å². The summed E-state index contributed by atoms with van der Waals surface area (Å²) in [5.74, 6) is -0.227. The first-order valence-corrected chi connectivity index (χ1v) is 6.82. The number of ether oxygens (including phenoxy) is 1. The molecule has 2 aliphatic rings. The molecule has 0 aromatic carbocycles. The molecule has 0 aromatic heterocycles. The Morgan fingerprint density at radius 2 is 2.00 bits per heavy atom. The van der Waals surface area contributed by atoms with Gasteiger partial charge in [-0.15, -0.1) is 0 Å². The van der Waals surface area contributed by atoms with Crippen molar-refractivity contribution in [2.24, 2.45) is 11.8 Å². The van der Waals surface area contributed by atoms with E-state index in [0.717, 1.165) is 11.1 Å². The molecule has 0 amide bonds. The third-order valence-electron chi connectivity index (χ3n) is 4.27. The number of hydrogen-bond donors (Lipinski definition) is 0. The highest BCUT2D eigenvalue weighted by Gasteiger charge is 2.44. The van der Waals surface area contributed by atoms with Crippen molar-refractivity contribution in [1.29, 1.82) is 0 Å². The standard InChI is InChI=1S/C15H20O4/c1-8-6-14-12(10(3)15(18)19-14)7-13(17)11(8)5-4-9(2)16/h10,12,14H,4-7H2,1-3H3/t10-,12?,14?/m1/s1. The number of rotatable bonds is 3. The van der Waals surface area contributed by atoms with Crippen molar-refractivity contribution < 1.29 is 19.1 Å². The summed E-state index contributed by atoms with van der Waals surface area (Å²) in [5.41, 5.74) is 1.74. The van der Waals surface area contributed by atoms with Gasteiger partial charge in [-0.05, 0) is 25.8 Å². The SMILES string of the molecule is CC(=O)CCC1=C(C)CC2OC(=O)[C@H](C)C2CC1=O. The molecular weight excluding hydrogens is 244 g/mol. The van der Waals surface area contributed by atoms with Crippen LogP contribution in [0.25, 0.3) is 0 Å². The molecule has 0 bridgehead atoms. The molecule has 0 spiro atoms. The number of esters is 1. The van der Waals surface area contributed by atoms with E-state index in [1.807, 2.05) is 13.8 Å². The number of hydrogen-bond acceptors (Lipinski definition) is 4. The first-order chi connectivity index (χ1) is 8.90. The van der Waals surface area contributed by atoms with Crippen LogP contribution in [0, 0.1) is 11.8 Å². The number of carbonyl (C=O) groups excluding carboxylic acids is 3. The van der Waals surface area contributed by atoms with Crippen LogP contribution in [-0.4, -0.2) is 23.6 Å². The topological polar surface area (TPSA) is 60.4 Å². The van der Waals surface area contributed by atoms with Crippen LogP contribution < -0.4 is 0 Å². The van der Waals surface area contributed by atoms with Crippen LogP contribution in [0.4, 0.5) is 0 Å². The molecular formula is C15H20O4.